The van der Waals surface area contributed by atoms with Crippen LogP contribution in [0.4, 0.5) is 0 Å². The number of ether oxygens (including phenoxy) is 2. The smallest absolute Gasteiger partial charge is 0.268 e. The molecule has 112 valence electrons. The maximum absolute atomic E-state index is 12.7. The molecule has 2 aromatic rings. The van der Waals surface area contributed by atoms with Gasteiger partial charge >= 0.3 is 0 Å². The molecule has 0 radical (unpaired) electrons. The third kappa shape index (κ3) is 2.64. The minimum absolute atomic E-state index is 0.106. The first-order valence-corrected chi connectivity index (χ1v) is 7.39. The lowest BCUT2D eigenvalue weighted by molar-refractivity contribution is -0.0105. The Morgan fingerprint density at radius 3 is 3.10 bits per heavy atom. The highest BCUT2D eigenvalue weighted by atomic mass is 32.1. The van der Waals surface area contributed by atoms with Gasteiger partial charge in [-0.3, -0.25) is 4.79 Å². The number of aromatic nitrogens is 2. The van der Waals surface area contributed by atoms with Gasteiger partial charge in [0.15, 0.2) is 0 Å². The second-order valence-corrected chi connectivity index (χ2v) is 5.48. The fraction of sp³-hybridized carbons (Fsp3) is 0.462. The van der Waals surface area contributed by atoms with Crippen molar-refractivity contribution in [3.63, 3.8) is 0 Å². The summed E-state index contributed by atoms with van der Waals surface area (Å²) in [6, 6.07) is 1.42. The molecule has 1 saturated heterocycles. The highest BCUT2D eigenvalue weighted by molar-refractivity contribution is 7.12. The molecule has 21 heavy (non-hydrogen) atoms. The van der Waals surface area contributed by atoms with E-state index in [9.17, 15) is 4.79 Å². The minimum Gasteiger partial charge on any atom is -0.495 e. The Labute approximate surface area is 125 Å². The molecule has 0 bridgehead atoms. The van der Waals surface area contributed by atoms with E-state index in [0.717, 1.165) is 0 Å². The number of carbonyl (C=O) groups is 1. The highest BCUT2D eigenvalue weighted by Gasteiger charge is 2.34. The van der Waals surface area contributed by atoms with Crippen molar-refractivity contribution in [2.45, 2.75) is 13.0 Å². The quantitative estimate of drug-likeness (QED) is 0.858. The molecule has 0 spiro atoms. The topological polar surface area (TPSA) is 77.7 Å². The summed E-state index contributed by atoms with van der Waals surface area (Å²) in [7, 11) is 1.55. The number of morpholine rings is 1. The maximum atomic E-state index is 12.7. The molecule has 0 N–H and O–H groups in total. The van der Waals surface area contributed by atoms with E-state index in [1.807, 2.05) is 5.38 Å². The molecule has 1 aliphatic rings. The summed E-state index contributed by atoms with van der Waals surface area (Å²) in [5, 5.41) is 9.66. The van der Waals surface area contributed by atoms with E-state index in [-0.39, 0.29) is 11.9 Å². The standard InChI is InChI=1S/C13H15N3O4S/c1-8-14-15-12(20-8)9-7-19-5-4-16(9)13(17)11-10(18-2)3-6-21-11/h3,6,9H,4-5,7H2,1-2H3/t9-/m0/s1. The normalized spacial score (nSPS) is 18.8. The van der Waals surface area contributed by atoms with Crippen LogP contribution in [0.1, 0.15) is 27.5 Å². The number of aryl methyl sites for hydroxylation is 1. The number of rotatable bonds is 3. The Morgan fingerprint density at radius 2 is 2.38 bits per heavy atom. The Kier molecular flexibility index (Phi) is 3.89. The highest BCUT2D eigenvalue weighted by Crippen LogP contribution is 2.31. The predicted molar refractivity (Wildman–Crippen MR) is 74.5 cm³/mol. The summed E-state index contributed by atoms with van der Waals surface area (Å²) in [6.07, 6.45) is 0. The zero-order valence-corrected chi connectivity index (χ0v) is 12.6. The number of amides is 1. The fourth-order valence-electron chi connectivity index (χ4n) is 2.24. The van der Waals surface area contributed by atoms with E-state index >= 15 is 0 Å². The van der Waals surface area contributed by atoms with Gasteiger partial charge in [-0.25, -0.2) is 0 Å². The molecule has 1 atom stereocenters. The van der Waals surface area contributed by atoms with Crippen LogP contribution in [0.3, 0.4) is 0 Å². The zero-order chi connectivity index (χ0) is 14.8. The molecule has 2 aromatic heterocycles. The average Bonchev–Trinajstić information content (AvgIpc) is 3.15. The first-order chi connectivity index (χ1) is 10.2. The van der Waals surface area contributed by atoms with Gasteiger partial charge in [0, 0.05) is 13.5 Å². The van der Waals surface area contributed by atoms with Gasteiger partial charge < -0.3 is 18.8 Å². The van der Waals surface area contributed by atoms with Gasteiger partial charge in [-0.1, -0.05) is 0 Å². The van der Waals surface area contributed by atoms with Gasteiger partial charge in [-0.15, -0.1) is 21.5 Å². The second-order valence-electron chi connectivity index (χ2n) is 4.57. The average molecular weight is 309 g/mol. The van der Waals surface area contributed by atoms with Crippen LogP contribution in [-0.2, 0) is 4.74 Å². The van der Waals surface area contributed by atoms with Crippen molar-refractivity contribution in [2.24, 2.45) is 0 Å². The lowest BCUT2D eigenvalue weighted by Crippen LogP contribution is -2.43. The number of thiophene rings is 1. The van der Waals surface area contributed by atoms with E-state index in [2.05, 4.69) is 10.2 Å². The Balaban J connectivity index is 1.89. The van der Waals surface area contributed by atoms with Crippen LogP contribution in [0.2, 0.25) is 0 Å². The third-order valence-electron chi connectivity index (χ3n) is 3.26. The first-order valence-electron chi connectivity index (χ1n) is 6.51. The van der Waals surface area contributed by atoms with E-state index in [4.69, 9.17) is 13.9 Å². The number of hydrogen-bond donors (Lipinski definition) is 0. The van der Waals surface area contributed by atoms with Crippen molar-refractivity contribution < 1.29 is 18.7 Å². The van der Waals surface area contributed by atoms with Gasteiger partial charge in [0.25, 0.3) is 5.91 Å². The Morgan fingerprint density at radius 1 is 1.52 bits per heavy atom. The van der Waals surface area contributed by atoms with Gasteiger partial charge in [0.1, 0.15) is 16.7 Å². The van der Waals surface area contributed by atoms with Crippen molar-refractivity contribution in [1.29, 1.82) is 0 Å². The fourth-order valence-corrected chi connectivity index (χ4v) is 3.06. The molecular weight excluding hydrogens is 294 g/mol. The Bertz CT molecular complexity index is 639. The summed E-state index contributed by atoms with van der Waals surface area (Å²) in [5.41, 5.74) is 0. The summed E-state index contributed by atoms with van der Waals surface area (Å²) >= 11 is 1.35. The number of hydrogen-bond acceptors (Lipinski definition) is 7. The predicted octanol–water partition coefficient (Wildman–Crippen LogP) is 1.66. The van der Waals surface area contributed by atoms with Crippen molar-refractivity contribution in [3.8, 4) is 5.75 Å². The zero-order valence-electron chi connectivity index (χ0n) is 11.7. The summed E-state index contributed by atoms with van der Waals surface area (Å²) < 4.78 is 16.1. The van der Waals surface area contributed by atoms with Crippen LogP contribution >= 0.6 is 11.3 Å². The molecule has 0 aromatic carbocycles. The maximum Gasteiger partial charge on any atom is 0.268 e. The Hall–Kier alpha value is -1.93. The van der Waals surface area contributed by atoms with E-state index in [1.165, 1.54) is 11.3 Å². The first kappa shape index (κ1) is 14.0. The molecule has 3 rings (SSSR count). The second kappa shape index (κ2) is 5.82. The molecule has 0 unspecified atom stereocenters. The van der Waals surface area contributed by atoms with Crippen molar-refractivity contribution in [3.05, 3.63) is 28.1 Å². The van der Waals surface area contributed by atoms with Crippen molar-refractivity contribution in [1.82, 2.24) is 15.1 Å². The lowest BCUT2D eigenvalue weighted by Gasteiger charge is -2.33. The number of carbonyl (C=O) groups excluding carboxylic acids is 1. The molecule has 1 aliphatic heterocycles. The number of methoxy groups -OCH3 is 1. The van der Waals surface area contributed by atoms with Crippen molar-refractivity contribution >= 4 is 17.2 Å². The van der Waals surface area contributed by atoms with E-state index < -0.39 is 0 Å². The van der Waals surface area contributed by atoms with Crippen LogP contribution < -0.4 is 4.74 Å². The molecule has 7 nitrogen and oxygen atoms in total. The molecular formula is C13H15N3O4S. The van der Waals surface area contributed by atoms with E-state index in [1.54, 1.807) is 25.0 Å². The summed E-state index contributed by atoms with van der Waals surface area (Å²) in [4.78, 5) is 15.0. The molecule has 0 aliphatic carbocycles. The van der Waals surface area contributed by atoms with Crippen LogP contribution in [0.25, 0.3) is 0 Å². The SMILES string of the molecule is COc1ccsc1C(=O)N1CCOC[C@H]1c1nnc(C)o1. The monoisotopic (exact) mass is 309 g/mol. The van der Waals surface area contributed by atoms with Gasteiger partial charge in [0.05, 0.1) is 20.3 Å². The lowest BCUT2D eigenvalue weighted by atomic mass is 10.2. The largest absolute Gasteiger partial charge is 0.495 e. The van der Waals surface area contributed by atoms with Crippen LogP contribution in [0, 0.1) is 6.92 Å². The molecule has 8 heteroatoms. The van der Waals surface area contributed by atoms with Crippen LogP contribution in [0.5, 0.6) is 5.75 Å². The molecule has 0 saturated carbocycles. The van der Waals surface area contributed by atoms with Crippen LogP contribution in [-0.4, -0.2) is 47.9 Å². The van der Waals surface area contributed by atoms with Gasteiger partial charge in [-0.05, 0) is 11.4 Å². The summed E-state index contributed by atoms with van der Waals surface area (Å²) in [6.45, 7) is 3.03. The summed E-state index contributed by atoms with van der Waals surface area (Å²) in [5.74, 6) is 1.34. The number of nitrogens with zero attached hydrogens (tertiary/aromatic N) is 3. The van der Waals surface area contributed by atoms with E-state index in [0.29, 0.717) is 42.2 Å². The van der Waals surface area contributed by atoms with Gasteiger partial charge in [0.2, 0.25) is 11.8 Å². The molecule has 1 fully saturated rings. The third-order valence-corrected chi connectivity index (χ3v) is 4.14. The van der Waals surface area contributed by atoms with Crippen LogP contribution in [0.15, 0.2) is 15.9 Å². The van der Waals surface area contributed by atoms with Crippen molar-refractivity contribution in [2.75, 3.05) is 26.9 Å². The van der Waals surface area contributed by atoms with Gasteiger partial charge in [-0.2, -0.15) is 0 Å². The molecule has 1 amide bonds. The minimum atomic E-state index is -0.362. The molecule has 3 heterocycles.